The first-order chi connectivity index (χ1) is 12.2. The predicted octanol–water partition coefficient (Wildman–Crippen LogP) is 3.08. The van der Waals surface area contributed by atoms with Gasteiger partial charge in [0.1, 0.15) is 0 Å². The second-order valence-electron chi connectivity index (χ2n) is 5.37. The molecular formula is C17H16F3NO4S. The van der Waals surface area contributed by atoms with Crippen LogP contribution >= 0.6 is 0 Å². The molecule has 0 saturated heterocycles. The van der Waals surface area contributed by atoms with Crippen molar-refractivity contribution in [1.29, 1.82) is 0 Å². The fourth-order valence-corrected chi connectivity index (χ4v) is 2.58. The lowest BCUT2D eigenvalue weighted by molar-refractivity contribution is -0.159. The zero-order valence-corrected chi connectivity index (χ0v) is 14.3. The number of hydroxylamine groups is 2. The van der Waals surface area contributed by atoms with Gasteiger partial charge in [0.2, 0.25) is 0 Å². The molecule has 0 spiro atoms. The number of hydrogen-bond acceptors (Lipinski definition) is 4. The lowest BCUT2D eigenvalue weighted by atomic mass is 10.1. The summed E-state index contributed by atoms with van der Waals surface area (Å²) in [7, 11) is -5.93. The average molecular weight is 387 g/mol. The van der Waals surface area contributed by atoms with Crippen molar-refractivity contribution in [2.45, 2.75) is 18.3 Å². The van der Waals surface area contributed by atoms with E-state index in [1.54, 1.807) is 60.7 Å². The molecule has 26 heavy (non-hydrogen) atoms. The Balaban J connectivity index is 2.16. The van der Waals surface area contributed by atoms with Crippen LogP contribution in [0, 0.1) is 0 Å². The van der Waals surface area contributed by atoms with E-state index in [1.807, 2.05) is 0 Å². The minimum Gasteiger partial charge on any atom is -0.272 e. The minimum atomic E-state index is -5.93. The number of amides is 1. The van der Waals surface area contributed by atoms with E-state index in [4.69, 9.17) is 0 Å². The first kappa shape index (κ1) is 19.9. The van der Waals surface area contributed by atoms with Crippen molar-refractivity contribution in [1.82, 2.24) is 5.06 Å². The summed E-state index contributed by atoms with van der Waals surface area (Å²) in [6.07, 6.45) is -0.155. The Kier molecular flexibility index (Phi) is 6.38. The van der Waals surface area contributed by atoms with E-state index in [0.717, 1.165) is 5.56 Å². The van der Waals surface area contributed by atoms with Crippen molar-refractivity contribution in [2.24, 2.45) is 0 Å². The van der Waals surface area contributed by atoms with Gasteiger partial charge in [0, 0.05) is 0 Å². The van der Waals surface area contributed by atoms with Crippen molar-refractivity contribution in [3.8, 4) is 0 Å². The molecule has 0 aliphatic carbocycles. The maximum Gasteiger partial charge on any atom is 0.525 e. The maximum absolute atomic E-state index is 12.6. The zero-order valence-electron chi connectivity index (χ0n) is 13.5. The largest absolute Gasteiger partial charge is 0.525 e. The summed E-state index contributed by atoms with van der Waals surface area (Å²) in [5.41, 5.74) is -4.38. The summed E-state index contributed by atoms with van der Waals surface area (Å²) in [6.45, 7) is -0.342. The second-order valence-corrected chi connectivity index (χ2v) is 6.89. The Labute approximate surface area is 149 Å². The molecule has 0 unspecified atom stereocenters. The van der Waals surface area contributed by atoms with Crippen LogP contribution in [0.5, 0.6) is 0 Å². The van der Waals surface area contributed by atoms with Crippen molar-refractivity contribution < 1.29 is 30.7 Å². The van der Waals surface area contributed by atoms with Gasteiger partial charge in [-0.2, -0.15) is 21.6 Å². The van der Waals surface area contributed by atoms with Gasteiger partial charge >= 0.3 is 15.6 Å². The smallest absolute Gasteiger partial charge is 0.272 e. The van der Waals surface area contributed by atoms with E-state index in [9.17, 15) is 26.4 Å². The van der Waals surface area contributed by atoms with Crippen LogP contribution in [0.1, 0.15) is 11.1 Å². The molecule has 9 heteroatoms. The van der Waals surface area contributed by atoms with E-state index in [-0.39, 0.29) is 24.4 Å². The van der Waals surface area contributed by atoms with Crippen LogP contribution in [-0.4, -0.2) is 31.4 Å². The second kappa shape index (κ2) is 8.33. The average Bonchev–Trinajstić information content (AvgIpc) is 2.59. The molecule has 0 fully saturated rings. The van der Waals surface area contributed by atoms with Crippen LogP contribution in [0.4, 0.5) is 13.2 Å². The van der Waals surface area contributed by atoms with Crippen LogP contribution in [0.3, 0.4) is 0 Å². The first-order valence-corrected chi connectivity index (χ1v) is 8.99. The van der Waals surface area contributed by atoms with Gasteiger partial charge in [0.15, 0.2) is 0 Å². The quantitative estimate of drug-likeness (QED) is 0.541. The Morgan fingerprint density at radius 1 is 0.923 bits per heavy atom. The van der Waals surface area contributed by atoms with Crippen LogP contribution in [0.25, 0.3) is 0 Å². The summed E-state index contributed by atoms with van der Waals surface area (Å²) in [5, 5.41) is 0.253. The van der Waals surface area contributed by atoms with Gasteiger partial charge < -0.3 is 0 Å². The highest BCUT2D eigenvalue weighted by molar-refractivity contribution is 7.87. The number of carbonyl (C=O) groups excluding carboxylic acids is 1. The van der Waals surface area contributed by atoms with Gasteiger partial charge in [-0.1, -0.05) is 60.7 Å². The molecule has 0 aliphatic heterocycles. The molecule has 0 atom stereocenters. The molecule has 0 aromatic heterocycles. The number of nitrogens with zero attached hydrogens (tertiary/aromatic N) is 1. The third-order valence-corrected chi connectivity index (χ3v) is 4.34. The molecule has 0 N–H and O–H groups in total. The number of alkyl halides is 3. The number of halogens is 3. The molecule has 0 bridgehead atoms. The Morgan fingerprint density at radius 2 is 1.42 bits per heavy atom. The Hall–Kier alpha value is -2.39. The van der Waals surface area contributed by atoms with E-state index < -0.39 is 21.5 Å². The molecule has 2 aromatic carbocycles. The summed E-state index contributed by atoms with van der Waals surface area (Å²) in [4.78, 5) is 12.3. The van der Waals surface area contributed by atoms with Crippen molar-refractivity contribution in [2.75, 3.05) is 6.54 Å². The minimum absolute atomic E-state index is 0.134. The lowest BCUT2D eigenvalue weighted by Crippen LogP contribution is -2.40. The molecule has 2 rings (SSSR count). The predicted molar refractivity (Wildman–Crippen MR) is 88.1 cm³/mol. The highest BCUT2D eigenvalue weighted by atomic mass is 32.2. The molecule has 0 heterocycles. The molecule has 0 saturated carbocycles. The van der Waals surface area contributed by atoms with Crippen molar-refractivity contribution in [3.63, 3.8) is 0 Å². The van der Waals surface area contributed by atoms with Gasteiger partial charge in [-0.15, -0.1) is 4.28 Å². The number of hydrogen-bond donors (Lipinski definition) is 0. The molecule has 0 aliphatic rings. The number of benzene rings is 2. The van der Waals surface area contributed by atoms with Crippen LogP contribution in [0.2, 0.25) is 0 Å². The maximum atomic E-state index is 12.6. The topological polar surface area (TPSA) is 63.7 Å². The molecule has 140 valence electrons. The number of carbonyl (C=O) groups is 1. The fraction of sp³-hybridized carbons (Fsp3) is 0.235. The standard InChI is InChI=1S/C17H16F3NO4S/c18-17(19,20)26(23,24)25-21(12-11-14-7-3-1-4-8-14)16(22)13-15-9-5-2-6-10-15/h1-10H,11-13H2. The van der Waals surface area contributed by atoms with Gasteiger partial charge in [0.05, 0.1) is 13.0 Å². The van der Waals surface area contributed by atoms with Crippen molar-refractivity contribution in [3.05, 3.63) is 71.8 Å². The lowest BCUT2D eigenvalue weighted by Gasteiger charge is -2.22. The summed E-state index contributed by atoms with van der Waals surface area (Å²) in [6, 6.07) is 16.8. The molecule has 5 nitrogen and oxygen atoms in total. The van der Waals surface area contributed by atoms with E-state index in [2.05, 4.69) is 4.28 Å². The van der Waals surface area contributed by atoms with E-state index in [1.165, 1.54) is 0 Å². The van der Waals surface area contributed by atoms with Gasteiger partial charge in [0.25, 0.3) is 5.91 Å². The zero-order chi connectivity index (χ0) is 19.2. The molecular weight excluding hydrogens is 371 g/mol. The Morgan fingerprint density at radius 3 is 1.92 bits per heavy atom. The van der Waals surface area contributed by atoms with Crippen LogP contribution < -0.4 is 0 Å². The van der Waals surface area contributed by atoms with Crippen LogP contribution in [-0.2, 0) is 32.0 Å². The summed E-state index contributed by atoms with van der Waals surface area (Å²) >= 11 is 0. The summed E-state index contributed by atoms with van der Waals surface area (Å²) in [5.74, 6) is -0.889. The SMILES string of the molecule is O=C(Cc1ccccc1)N(CCc1ccccc1)OS(=O)(=O)C(F)(F)F. The number of rotatable bonds is 7. The van der Waals surface area contributed by atoms with Gasteiger partial charge in [-0.05, 0) is 17.5 Å². The third-order valence-electron chi connectivity index (χ3n) is 3.39. The van der Waals surface area contributed by atoms with Gasteiger partial charge in [-0.3, -0.25) is 4.79 Å². The highest BCUT2D eigenvalue weighted by Crippen LogP contribution is 2.26. The van der Waals surface area contributed by atoms with E-state index in [0.29, 0.717) is 5.56 Å². The van der Waals surface area contributed by atoms with E-state index >= 15 is 0 Å². The molecule has 0 radical (unpaired) electrons. The van der Waals surface area contributed by atoms with Crippen molar-refractivity contribution >= 4 is 16.0 Å². The highest BCUT2D eigenvalue weighted by Gasteiger charge is 2.49. The van der Waals surface area contributed by atoms with Gasteiger partial charge in [-0.25, -0.2) is 5.06 Å². The normalized spacial score (nSPS) is 12.0. The molecule has 1 amide bonds. The molecule has 2 aromatic rings. The Bertz CT molecular complexity index is 824. The first-order valence-electron chi connectivity index (χ1n) is 7.58. The summed E-state index contributed by atoms with van der Waals surface area (Å²) < 4.78 is 64.5. The van der Waals surface area contributed by atoms with Crippen LogP contribution in [0.15, 0.2) is 60.7 Å². The third kappa shape index (κ3) is 5.57. The fourth-order valence-electron chi connectivity index (χ4n) is 2.10. The monoisotopic (exact) mass is 387 g/mol.